The molecular weight excluding hydrogens is 362 g/mol. The highest BCUT2D eigenvalue weighted by Crippen LogP contribution is 2.21. The van der Waals surface area contributed by atoms with Crippen LogP contribution in [-0.4, -0.2) is 40.9 Å². The Labute approximate surface area is 169 Å². The molecule has 0 unspecified atom stereocenters. The monoisotopic (exact) mass is 399 g/mol. The van der Waals surface area contributed by atoms with Gasteiger partial charge in [0.25, 0.3) is 0 Å². The Morgan fingerprint density at radius 3 is 1.64 bits per heavy atom. The number of hydrogen-bond donors (Lipinski definition) is 1. The Balaban J connectivity index is 5.49. The van der Waals surface area contributed by atoms with Crippen LogP contribution in [0.2, 0.25) is 0 Å². The normalized spacial score (nSPS) is 14.5. The molecule has 0 aliphatic rings. The van der Waals surface area contributed by atoms with Crippen LogP contribution in [0.4, 0.5) is 4.79 Å². The third kappa shape index (κ3) is 12.4. The molecule has 0 saturated carbocycles. The van der Waals surface area contributed by atoms with Crippen molar-refractivity contribution in [2.24, 2.45) is 5.92 Å². The molecule has 0 spiro atoms. The van der Waals surface area contributed by atoms with Crippen molar-refractivity contribution in [2.75, 3.05) is 0 Å². The lowest BCUT2D eigenvalue weighted by atomic mass is 9.96. The summed E-state index contributed by atoms with van der Waals surface area (Å²) < 4.78 is 16.1. The molecule has 0 aromatic carbocycles. The van der Waals surface area contributed by atoms with Gasteiger partial charge in [-0.2, -0.15) is 0 Å². The first-order valence-corrected chi connectivity index (χ1v) is 9.49. The number of carbonyl (C=O) groups excluding carboxylic acids is 3. The Hall–Kier alpha value is -2.05. The van der Waals surface area contributed by atoms with Gasteiger partial charge in [-0.1, -0.05) is 6.08 Å². The molecule has 1 amide bonds. The fourth-order valence-corrected chi connectivity index (χ4v) is 2.20. The number of rotatable bonds is 7. The molecule has 0 aliphatic heterocycles. The van der Waals surface area contributed by atoms with Gasteiger partial charge >= 0.3 is 18.0 Å². The second-order valence-corrected chi connectivity index (χ2v) is 9.72. The number of ether oxygens (including phenoxy) is 3. The van der Waals surface area contributed by atoms with Crippen molar-refractivity contribution in [2.45, 2.75) is 98.0 Å². The summed E-state index contributed by atoms with van der Waals surface area (Å²) in [6, 6.07) is -1.06. The van der Waals surface area contributed by atoms with E-state index in [-0.39, 0.29) is 6.42 Å². The average Bonchev–Trinajstić information content (AvgIpc) is 2.39. The Morgan fingerprint density at radius 2 is 1.25 bits per heavy atom. The Morgan fingerprint density at radius 1 is 0.821 bits per heavy atom. The largest absolute Gasteiger partial charge is 0.460 e. The maximum atomic E-state index is 12.6. The van der Waals surface area contributed by atoms with Crippen molar-refractivity contribution in [3.63, 3.8) is 0 Å². The predicted molar refractivity (Wildman–Crippen MR) is 108 cm³/mol. The number of nitrogens with one attached hydrogen (secondary N) is 1. The fraction of sp³-hybridized carbons (Fsp3) is 0.762. The van der Waals surface area contributed by atoms with E-state index in [0.29, 0.717) is 6.42 Å². The highest BCUT2D eigenvalue weighted by molar-refractivity contribution is 5.83. The molecule has 0 aromatic heterocycles. The molecule has 1 N–H and O–H groups in total. The molecule has 0 heterocycles. The van der Waals surface area contributed by atoms with Crippen molar-refractivity contribution in [3.8, 4) is 0 Å². The van der Waals surface area contributed by atoms with Gasteiger partial charge in [-0.15, -0.1) is 6.58 Å². The molecule has 2 atom stereocenters. The fourth-order valence-electron chi connectivity index (χ4n) is 2.20. The zero-order valence-electron chi connectivity index (χ0n) is 18.8. The summed E-state index contributed by atoms with van der Waals surface area (Å²) >= 11 is 0. The standard InChI is InChI=1S/C21H37NO6/c1-11-12-14(16(23)26-19(2,3)4)13-15(17(24)27-20(5,6)7)22-18(25)28-21(8,9)10/h11,14-15H,1,12-13H2,2-10H3,(H,22,25)/t14-,15+/m1/s1. The highest BCUT2D eigenvalue weighted by Gasteiger charge is 2.34. The van der Waals surface area contributed by atoms with E-state index >= 15 is 0 Å². The van der Waals surface area contributed by atoms with E-state index in [1.165, 1.54) is 0 Å². The second kappa shape index (κ2) is 9.94. The van der Waals surface area contributed by atoms with Crippen LogP contribution in [0.1, 0.15) is 75.2 Å². The lowest BCUT2D eigenvalue weighted by Gasteiger charge is -2.29. The van der Waals surface area contributed by atoms with Gasteiger partial charge in [0.2, 0.25) is 0 Å². The third-order valence-electron chi connectivity index (χ3n) is 3.09. The summed E-state index contributed by atoms with van der Waals surface area (Å²) in [4.78, 5) is 37.4. The van der Waals surface area contributed by atoms with Gasteiger partial charge in [0.1, 0.15) is 22.8 Å². The first-order valence-electron chi connectivity index (χ1n) is 9.49. The molecular formula is C21H37NO6. The smallest absolute Gasteiger partial charge is 0.408 e. The zero-order chi connectivity index (χ0) is 22.3. The van der Waals surface area contributed by atoms with Gasteiger partial charge in [-0.25, -0.2) is 9.59 Å². The minimum Gasteiger partial charge on any atom is -0.460 e. The van der Waals surface area contributed by atoms with Crippen molar-refractivity contribution in [1.29, 1.82) is 0 Å². The lowest BCUT2D eigenvalue weighted by molar-refractivity contribution is -0.162. The molecule has 28 heavy (non-hydrogen) atoms. The van der Waals surface area contributed by atoms with Crippen LogP contribution in [0.5, 0.6) is 0 Å². The van der Waals surface area contributed by atoms with Crippen molar-refractivity contribution in [1.82, 2.24) is 5.32 Å². The number of carbonyl (C=O) groups is 3. The summed E-state index contributed by atoms with van der Waals surface area (Å²) in [5.74, 6) is -1.77. The van der Waals surface area contributed by atoms with E-state index in [1.807, 2.05) is 0 Å². The lowest BCUT2D eigenvalue weighted by Crippen LogP contribution is -2.47. The van der Waals surface area contributed by atoms with E-state index in [1.54, 1.807) is 68.4 Å². The van der Waals surface area contributed by atoms with Crippen LogP contribution in [0.25, 0.3) is 0 Å². The number of allylic oxidation sites excluding steroid dienone is 1. The average molecular weight is 400 g/mol. The van der Waals surface area contributed by atoms with Crippen LogP contribution in [0.15, 0.2) is 12.7 Å². The van der Waals surface area contributed by atoms with E-state index in [0.717, 1.165) is 0 Å². The first kappa shape index (κ1) is 26.0. The summed E-state index contributed by atoms with van der Waals surface area (Å²) in [5.41, 5.74) is -2.14. The highest BCUT2D eigenvalue weighted by atomic mass is 16.6. The summed E-state index contributed by atoms with van der Waals surface area (Å²) in [6.07, 6.45) is 1.12. The third-order valence-corrected chi connectivity index (χ3v) is 3.09. The van der Waals surface area contributed by atoms with Crippen molar-refractivity contribution < 1.29 is 28.6 Å². The SMILES string of the molecule is C=CC[C@H](C[C@H](NC(=O)OC(C)(C)C)C(=O)OC(C)(C)C)C(=O)OC(C)(C)C. The molecule has 0 aromatic rings. The molecule has 0 aliphatic carbocycles. The molecule has 162 valence electrons. The molecule has 0 fully saturated rings. The van der Waals surface area contributed by atoms with Crippen LogP contribution < -0.4 is 5.32 Å². The molecule has 0 rings (SSSR count). The van der Waals surface area contributed by atoms with E-state index in [2.05, 4.69) is 11.9 Å². The van der Waals surface area contributed by atoms with Crippen molar-refractivity contribution in [3.05, 3.63) is 12.7 Å². The predicted octanol–water partition coefficient (Wildman–Crippen LogP) is 4.15. The van der Waals surface area contributed by atoms with E-state index in [4.69, 9.17) is 14.2 Å². The number of hydrogen-bond acceptors (Lipinski definition) is 6. The number of esters is 2. The molecule has 0 saturated heterocycles. The van der Waals surface area contributed by atoms with Crippen LogP contribution in [0.3, 0.4) is 0 Å². The zero-order valence-corrected chi connectivity index (χ0v) is 18.8. The second-order valence-electron chi connectivity index (χ2n) is 9.72. The molecule has 7 heteroatoms. The van der Waals surface area contributed by atoms with Crippen LogP contribution in [-0.2, 0) is 23.8 Å². The van der Waals surface area contributed by atoms with Crippen LogP contribution in [0, 0.1) is 5.92 Å². The first-order chi connectivity index (χ1) is 12.4. The number of amides is 1. The number of alkyl carbamates (subject to hydrolysis) is 1. The van der Waals surface area contributed by atoms with Gasteiger partial charge in [0, 0.05) is 0 Å². The molecule has 7 nitrogen and oxygen atoms in total. The van der Waals surface area contributed by atoms with Gasteiger partial charge in [-0.3, -0.25) is 4.79 Å². The topological polar surface area (TPSA) is 90.9 Å². The quantitative estimate of drug-likeness (QED) is 0.393. The van der Waals surface area contributed by atoms with E-state index in [9.17, 15) is 14.4 Å². The Bertz CT molecular complexity index is 563. The Kier molecular flexibility index (Phi) is 9.21. The maximum Gasteiger partial charge on any atom is 0.408 e. The summed E-state index contributed by atoms with van der Waals surface area (Å²) in [6.45, 7) is 19.3. The van der Waals surface area contributed by atoms with Gasteiger partial charge < -0.3 is 19.5 Å². The van der Waals surface area contributed by atoms with Gasteiger partial charge in [0.15, 0.2) is 0 Å². The van der Waals surface area contributed by atoms with Gasteiger partial charge in [0.05, 0.1) is 5.92 Å². The summed E-state index contributed by atoms with van der Waals surface area (Å²) in [5, 5.41) is 2.52. The van der Waals surface area contributed by atoms with E-state index < -0.39 is 46.8 Å². The maximum absolute atomic E-state index is 12.6. The van der Waals surface area contributed by atoms with Gasteiger partial charge in [-0.05, 0) is 75.2 Å². The molecule has 0 bridgehead atoms. The minimum absolute atomic E-state index is 0.00902. The van der Waals surface area contributed by atoms with Crippen molar-refractivity contribution >= 4 is 18.0 Å². The molecule has 0 radical (unpaired) electrons. The minimum atomic E-state index is -1.06. The summed E-state index contributed by atoms with van der Waals surface area (Å²) in [7, 11) is 0. The van der Waals surface area contributed by atoms with Crippen LogP contribution >= 0.6 is 0 Å².